The van der Waals surface area contributed by atoms with Crippen LogP contribution in [0.3, 0.4) is 0 Å². The number of carboxylic acids is 1. The molecule has 0 aliphatic heterocycles. The molecule has 0 fully saturated rings. The molecule has 1 aromatic carbocycles. The second-order valence-corrected chi connectivity index (χ2v) is 9.26. The number of carbonyl (C=O) groups excluding carboxylic acids is 4. The smallest absolute Gasteiger partial charge is 0.326 e. The van der Waals surface area contributed by atoms with Crippen LogP contribution in [0.15, 0.2) is 24.3 Å². The van der Waals surface area contributed by atoms with Crippen molar-refractivity contribution >= 4 is 29.6 Å². The molecule has 11 N–H and O–H groups in total. The van der Waals surface area contributed by atoms with Crippen molar-refractivity contribution in [3.63, 3.8) is 0 Å². The Morgan fingerprint density at radius 1 is 0.895 bits per heavy atom. The van der Waals surface area contributed by atoms with Gasteiger partial charge in [0.05, 0.1) is 12.5 Å². The van der Waals surface area contributed by atoms with Crippen molar-refractivity contribution in [3.8, 4) is 5.75 Å². The zero-order chi connectivity index (χ0) is 28.8. The van der Waals surface area contributed by atoms with E-state index < -0.39 is 60.2 Å². The van der Waals surface area contributed by atoms with E-state index in [1.165, 1.54) is 24.3 Å². The number of unbranched alkanes of at least 4 members (excludes halogenated alkanes) is 1. The lowest BCUT2D eigenvalue weighted by Crippen LogP contribution is -2.58. The Hall–Kier alpha value is -3.71. The third-order valence-electron chi connectivity index (χ3n) is 6.17. The van der Waals surface area contributed by atoms with Gasteiger partial charge in [-0.3, -0.25) is 19.2 Å². The molecule has 0 heterocycles. The first kappa shape index (κ1) is 32.3. The van der Waals surface area contributed by atoms with Gasteiger partial charge in [-0.25, -0.2) is 4.79 Å². The number of rotatable bonds is 17. The van der Waals surface area contributed by atoms with Crippen LogP contribution >= 0.6 is 0 Å². The molecule has 0 radical (unpaired) electrons. The second kappa shape index (κ2) is 16.2. The van der Waals surface area contributed by atoms with Crippen molar-refractivity contribution in [2.24, 2.45) is 23.1 Å². The van der Waals surface area contributed by atoms with E-state index >= 15 is 0 Å². The Kier molecular flexibility index (Phi) is 13.8. The number of hydrogen-bond donors (Lipinski definition) is 8. The van der Waals surface area contributed by atoms with Crippen LogP contribution in [0.5, 0.6) is 5.75 Å². The second-order valence-electron chi connectivity index (χ2n) is 9.26. The topological polar surface area (TPSA) is 240 Å². The number of benzene rings is 1. The van der Waals surface area contributed by atoms with E-state index in [-0.39, 0.29) is 24.5 Å². The highest BCUT2D eigenvalue weighted by Gasteiger charge is 2.31. The van der Waals surface area contributed by atoms with E-state index in [4.69, 9.17) is 17.2 Å². The largest absolute Gasteiger partial charge is 0.508 e. The van der Waals surface area contributed by atoms with Crippen molar-refractivity contribution in [2.45, 2.75) is 76.5 Å². The highest BCUT2D eigenvalue weighted by atomic mass is 16.4. The Balaban J connectivity index is 3.04. The van der Waals surface area contributed by atoms with E-state index in [2.05, 4.69) is 16.0 Å². The number of hydrogen-bond acceptors (Lipinski definition) is 8. The molecule has 0 aromatic heterocycles. The lowest BCUT2D eigenvalue weighted by molar-refractivity contribution is -0.142. The molecule has 0 bridgehead atoms. The molecule has 13 heteroatoms. The number of phenols is 1. The summed E-state index contributed by atoms with van der Waals surface area (Å²) in [6, 6.07) is 0.936. The number of carbonyl (C=O) groups is 5. The number of aliphatic carboxylic acids is 1. The lowest BCUT2D eigenvalue weighted by atomic mass is 9.98. The van der Waals surface area contributed by atoms with Gasteiger partial charge in [0.2, 0.25) is 23.6 Å². The maximum atomic E-state index is 13.1. The molecule has 38 heavy (non-hydrogen) atoms. The number of carboxylic acid groups (broad SMARTS) is 1. The summed E-state index contributed by atoms with van der Waals surface area (Å²) in [4.78, 5) is 62.1. The first-order valence-corrected chi connectivity index (χ1v) is 12.5. The standard InChI is InChI=1S/C25H40N6O7/c1-3-14(2)21(28)24(36)29-17(6-4-5-11-26)22(34)30-18(13-20(27)33)23(35)31-19(25(37)38)12-15-7-9-16(32)10-8-15/h7-10,14,17-19,21,32H,3-6,11-13,26,28H2,1-2H3,(H2,27,33)(H,29,36)(H,30,34)(H,31,35)(H,37,38). The predicted octanol–water partition coefficient (Wildman–Crippen LogP) is -1.15. The van der Waals surface area contributed by atoms with Crippen LogP contribution in [0.4, 0.5) is 0 Å². The van der Waals surface area contributed by atoms with Crippen molar-refractivity contribution in [1.82, 2.24) is 16.0 Å². The summed E-state index contributed by atoms with van der Waals surface area (Å²) in [7, 11) is 0. The minimum absolute atomic E-state index is 0.00730. The van der Waals surface area contributed by atoms with Gasteiger partial charge in [0.25, 0.3) is 0 Å². The Morgan fingerprint density at radius 3 is 1.97 bits per heavy atom. The van der Waals surface area contributed by atoms with E-state index in [9.17, 15) is 34.2 Å². The van der Waals surface area contributed by atoms with Gasteiger partial charge in [-0.1, -0.05) is 32.4 Å². The SMILES string of the molecule is CCC(C)C(N)C(=O)NC(CCCCN)C(=O)NC(CC(N)=O)C(=O)NC(Cc1ccc(O)cc1)C(=O)O. The van der Waals surface area contributed by atoms with E-state index in [1.807, 2.05) is 6.92 Å². The molecule has 1 aromatic rings. The van der Waals surface area contributed by atoms with E-state index in [0.717, 1.165) is 0 Å². The maximum Gasteiger partial charge on any atom is 0.326 e. The average molecular weight is 537 g/mol. The van der Waals surface area contributed by atoms with Crippen LogP contribution < -0.4 is 33.2 Å². The number of nitrogens with two attached hydrogens (primary N) is 3. The van der Waals surface area contributed by atoms with Gasteiger partial charge in [-0.15, -0.1) is 0 Å². The molecule has 4 amide bonds. The highest BCUT2D eigenvalue weighted by molar-refractivity contribution is 5.96. The van der Waals surface area contributed by atoms with Gasteiger partial charge in [0.15, 0.2) is 0 Å². The summed E-state index contributed by atoms with van der Waals surface area (Å²) >= 11 is 0. The molecule has 0 saturated carbocycles. The van der Waals surface area contributed by atoms with Gasteiger partial charge in [0, 0.05) is 6.42 Å². The Morgan fingerprint density at radius 2 is 1.45 bits per heavy atom. The summed E-state index contributed by atoms with van der Waals surface area (Å²) in [6.07, 6.45) is 1.20. The summed E-state index contributed by atoms with van der Waals surface area (Å²) in [5, 5.41) is 26.3. The summed E-state index contributed by atoms with van der Waals surface area (Å²) in [5.74, 6) is -4.63. The number of primary amides is 1. The first-order chi connectivity index (χ1) is 17.9. The third-order valence-corrected chi connectivity index (χ3v) is 6.17. The van der Waals surface area contributed by atoms with E-state index in [1.54, 1.807) is 6.92 Å². The summed E-state index contributed by atoms with van der Waals surface area (Å²) in [5.41, 5.74) is 17.3. The average Bonchev–Trinajstić information content (AvgIpc) is 2.87. The van der Waals surface area contributed by atoms with Crippen molar-refractivity contribution in [2.75, 3.05) is 6.54 Å². The molecular formula is C25H40N6O7. The minimum atomic E-state index is -1.49. The molecule has 5 unspecified atom stereocenters. The van der Waals surface area contributed by atoms with Gasteiger partial charge in [-0.2, -0.15) is 0 Å². The van der Waals surface area contributed by atoms with Crippen LogP contribution in [0.2, 0.25) is 0 Å². The quantitative estimate of drug-likeness (QED) is 0.112. The fraction of sp³-hybridized carbons (Fsp3) is 0.560. The molecule has 212 valence electrons. The molecule has 1 rings (SSSR count). The van der Waals surface area contributed by atoms with Crippen LogP contribution in [-0.2, 0) is 30.4 Å². The highest BCUT2D eigenvalue weighted by Crippen LogP contribution is 2.12. The van der Waals surface area contributed by atoms with E-state index in [0.29, 0.717) is 31.4 Å². The fourth-order valence-corrected chi connectivity index (χ4v) is 3.56. The Labute approximate surface area is 221 Å². The zero-order valence-electron chi connectivity index (χ0n) is 21.8. The number of amides is 4. The van der Waals surface area contributed by atoms with Crippen molar-refractivity contribution in [1.29, 1.82) is 0 Å². The molecule has 13 nitrogen and oxygen atoms in total. The summed E-state index contributed by atoms with van der Waals surface area (Å²) < 4.78 is 0. The number of nitrogens with one attached hydrogen (secondary N) is 3. The zero-order valence-corrected chi connectivity index (χ0v) is 21.8. The fourth-order valence-electron chi connectivity index (χ4n) is 3.56. The molecular weight excluding hydrogens is 496 g/mol. The Bertz CT molecular complexity index is 956. The molecule has 5 atom stereocenters. The van der Waals surface area contributed by atoms with Crippen LogP contribution in [0.25, 0.3) is 0 Å². The van der Waals surface area contributed by atoms with Crippen molar-refractivity contribution in [3.05, 3.63) is 29.8 Å². The van der Waals surface area contributed by atoms with Gasteiger partial charge in [-0.05, 0) is 49.4 Å². The minimum Gasteiger partial charge on any atom is -0.508 e. The third kappa shape index (κ3) is 11.1. The molecule has 0 aliphatic carbocycles. The first-order valence-electron chi connectivity index (χ1n) is 12.5. The summed E-state index contributed by atoms with van der Waals surface area (Å²) in [6.45, 7) is 4.05. The van der Waals surface area contributed by atoms with Gasteiger partial charge >= 0.3 is 5.97 Å². The monoisotopic (exact) mass is 536 g/mol. The molecule has 0 spiro atoms. The van der Waals surface area contributed by atoms with Gasteiger partial charge < -0.3 is 43.4 Å². The number of aromatic hydroxyl groups is 1. The number of phenolic OH excluding ortho intramolecular Hbond substituents is 1. The normalized spacial score (nSPS) is 14.8. The van der Waals surface area contributed by atoms with Crippen LogP contribution in [0.1, 0.15) is 51.5 Å². The van der Waals surface area contributed by atoms with Crippen LogP contribution in [-0.4, -0.2) is 70.5 Å². The maximum absolute atomic E-state index is 13.1. The van der Waals surface area contributed by atoms with Crippen molar-refractivity contribution < 1.29 is 34.2 Å². The molecule has 0 saturated heterocycles. The lowest BCUT2D eigenvalue weighted by Gasteiger charge is -2.26. The predicted molar refractivity (Wildman–Crippen MR) is 139 cm³/mol. The van der Waals surface area contributed by atoms with Gasteiger partial charge in [0.1, 0.15) is 23.9 Å². The molecule has 0 aliphatic rings. The van der Waals surface area contributed by atoms with Crippen LogP contribution in [0, 0.1) is 5.92 Å².